The maximum Gasteiger partial charge on any atom is 0.433 e. The van der Waals surface area contributed by atoms with Gasteiger partial charge in [0.2, 0.25) is 0 Å². The van der Waals surface area contributed by atoms with E-state index in [2.05, 4.69) is 4.98 Å². The molecule has 0 atom stereocenters. The molecule has 2 rings (SSSR count). The van der Waals surface area contributed by atoms with Gasteiger partial charge in [-0.15, -0.1) is 0 Å². The van der Waals surface area contributed by atoms with Crippen LogP contribution in [0, 0.1) is 0 Å². The number of hydrogen-bond acceptors (Lipinski definition) is 2. The van der Waals surface area contributed by atoms with Gasteiger partial charge in [0, 0.05) is 23.8 Å². The summed E-state index contributed by atoms with van der Waals surface area (Å²) < 4.78 is 37.7. The maximum absolute atomic E-state index is 12.6. The molecule has 0 bridgehead atoms. The molecule has 7 heteroatoms. The van der Waals surface area contributed by atoms with E-state index in [1.54, 1.807) is 23.1 Å². The van der Waals surface area contributed by atoms with Gasteiger partial charge in [-0.2, -0.15) is 13.2 Å². The Balaban J connectivity index is 2.23. The van der Waals surface area contributed by atoms with Crippen LogP contribution in [0.3, 0.4) is 0 Å². The zero-order chi connectivity index (χ0) is 17.9. The number of halogens is 4. The topological polar surface area (TPSA) is 33.2 Å². The minimum Gasteiger partial charge on any atom is -0.332 e. The van der Waals surface area contributed by atoms with E-state index >= 15 is 0 Å². The lowest BCUT2D eigenvalue weighted by Crippen LogP contribution is -2.36. The minimum atomic E-state index is -4.53. The van der Waals surface area contributed by atoms with Crippen molar-refractivity contribution in [2.24, 2.45) is 0 Å². The van der Waals surface area contributed by atoms with Gasteiger partial charge in [-0.25, -0.2) is 0 Å². The highest BCUT2D eigenvalue weighted by Crippen LogP contribution is 2.27. The molecule has 1 aromatic carbocycles. The fourth-order valence-corrected chi connectivity index (χ4v) is 2.39. The van der Waals surface area contributed by atoms with Crippen molar-refractivity contribution in [3.8, 4) is 0 Å². The molecule has 0 aliphatic heterocycles. The molecule has 24 heavy (non-hydrogen) atoms. The van der Waals surface area contributed by atoms with E-state index in [4.69, 9.17) is 11.6 Å². The average molecular weight is 357 g/mol. The summed E-state index contributed by atoms with van der Waals surface area (Å²) in [5, 5.41) is 0.555. The van der Waals surface area contributed by atoms with Gasteiger partial charge in [-0.1, -0.05) is 23.7 Å². The fourth-order valence-electron chi connectivity index (χ4n) is 2.17. The molecule has 1 amide bonds. The van der Waals surface area contributed by atoms with E-state index in [1.807, 2.05) is 19.9 Å². The van der Waals surface area contributed by atoms with Gasteiger partial charge in [0.05, 0.1) is 5.56 Å². The van der Waals surface area contributed by atoms with E-state index in [-0.39, 0.29) is 17.5 Å². The van der Waals surface area contributed by atoms with Crippen molar-refractivity contribution < 1.29 is 18.0 Å². The van der Waals surface area contributed by atoms with Crippen molar-refractivity contribution in [3.63, 3.8) is 0 Å². The van der Waals surface area contributed by atoms with Gasteiger partial charge in [-0.05, 0) is 43.7 Å². The summed E-state index contributed by atoms with van der Waals surface area (Å²) in [6.07, 6.45) is -3.57. The standard InChI is InChI=1S/C17H16ClF3N2O/c1-11(2)23(10-12-4-3-5-14(18)8-12)16(24)13-6-7-15(22-9-13)17(19,20)21/h3-9,11H,10H2,1-2H3. The number of alkyl halides is 3. The van der Waals surface area contributed by atoms with E-state index in [1.165, 1.54) is 0 Å². The quantitative estimate of drug-likeness (QED) is 0.788. The van der Waals surface area contributed by atoms with Crippen LogP contribution in [0.4, 0.5) is 13.2 Å². The second kappa shape index (κ2) is 7.21. The molecule has 0 fully saturated rings. The zero-order valence-corrected chi connectivity index (χ0v) is 13.9. The largest absolute Gasteiger partial charge is 0.433 e. The van der Waals surface area contributed by atoms with Crippen LogP contribution >= 0.6 is 11.6 Å². The van der Waals surface area contributed by atoms with Crippen LogP contribution < -0.4 is 0 Å². The first-order valence-corrected chi connectivity index (χ1v) is 7.65. The molecular weight excluding hydrogens is 341 g/mol. The lowest BCUT2D eigenvalue weighted by molar-refractivity contribution is -0.141. The van der Waals surface area contributed by atoms with Crippen LogP contribution in [-0.2, 0) is 12.7 Å². The van der Waals surface area contributed by atoms with E-state index < -0.39 is 11.9 Å². The van der Waals surface area contributed by atoms with Gasteiger partial charge in [-0.3, -0.25) is 9.78 Å². The molecule has 0 spiro atoms. The molecule has 0 aliphatic carbocycles. The van der Waals surface area contributed by atoms with E-state index in [0.29, 0.717) is 11.6 Å². The Labute approximate surface area is 143 Å². The van der Waals surface area contributed by atoms with Gasteiger partial charge in [0.1, 0.15) is 5.69 Å². The SMILES string of the molecule is CC(C)N(Cc1cccc(Cl)c1)C(=O)c1ccc(C(F)(F)F)nc1. The number of pyridine rings is 1. The smallest absolute Gasteiger partial charge is 0.332 e. The molecule has 0 aliphatic rings. The van der Waals surface area contributed by atoms with Crippen molar-refractivity contribution in [2.75, 3.05) is 0 Å². The Morgan fingerprint density at radius 1 is 1.25 bits per heavy atom. The Bertz CT molecular complexity index is 715. The normalized spacial score (nSPS) is 11.6. The molecule has 0 saturated carbocycles. The highest BCUT2D eigenvalue weighted by molar-refractivity contribution is 6.30. The molecule has 1 aromatic heterocycles. The van der Waals surface area contributed by atoms with E-state index in [0.717, 1.165) is 23.9 Å². The second-order valence-electron chi connectivity index (χ2n) is 5.59. The molecular formula is C17H16ClF3N2O. The molecule has 3 nitrogen and oxygen atoms in total. The third-order valence-corrected chi connectivity index (χ3v) is 3.66. The highest BCUT2D eigenvalue weighted by atomic mass is 35.5. The number of amides is 1. The summed E-state index contributed by atoms with van der Waals surface area (Å²) in [6, 6.07) is 8.90. The number of benzene rings is 1. The maximum atomic E-state index is 12.6. The van der Waals surface area contributed by atoms with Crippen LogP contribution in [-0.4, -0.2) is 21.8 Å². The monoisotopic (exact) mass is 356 g/mol. The summed E-state index contributed by atoms with van der Waals surface area (Å²) in [4.78, 5) is 17.5. The van der Waals surface area contributed by atoms with Crippen molar-refractivity contribution in [1.29, 1.82) is 0 Å². The van der Waals surface area contributed by atoms with Gasteiger partial charge >= 0.3 is 6.18 Å². The van der Waals surface area contributed by atoms with Gasteiger partial charge in [0.25, 0.3) is 5.91 Å². The molecule has 1 heterocycles. The first-order chi connectivity index (χ1) is 11.2. The Kier molecular flexibility index (Phi) is 5.49. The number of carbonyl (C=O) groups excluding carboxylic acids is 1. The fraction of sp³-hybridized carbons (Fsp3) is 0.294. The minimum absolute atomic E-state index is 0.110. The van der Waals surface area contributed by atoms with Crippen molar-refractivity contribution >= 4 is 17.5 Å². The van der Waals surface area contributed by atoms with Crippen molar-refractivity contribution in [1.82, 2.24) is 9.88 Å². The number of nitrogens with zero attached hydrogens (tertiary/aromatic N) is 2. The summed E-state index contributed by atoms with van der Waals surface area (Å²) in [7, 11) is 0. The number of hydrogen-bond donors (Lipinski definition) is 0. The van der Waals surface area contributed by atoms with Crippen molar-refractivity contribution in [3.05, 3.63) is 64.4 Å². The molecule has 0 N–H and O–H groups in total. The molecule has 0 saturated heterocycles. The first-order valence-electron chi connectivity index (χ1n) is 7.27. The third-order valence-electron chi connectivity index (χ3n) is 3.43. The van der Waals surface area contributed by atoms with Crippen LogP contribution in [0.15, 0.2) is 42.6 Å². The second-order valence-corrected chi connectivity index (χ2v) is 6.02. The first kappa shape index (κ1) is 18.3. The van der Waals surface area contributed by atoms with Crippen LogP contribution in [0.25, 0.3) is 0 Å². The molecule has 0 radical (unpaired) electrons. The van der Waals surface area contributed by atoms with Crippen LogP contribution in [0.1, 0.15) is 35.5 Å². The number of aromatic nitrogens is 1. The van der Waals surface area contributed by atoms with Gasteiger partial charge in [0.15, 0.2) is 0 Å². The van der Waals surface area contributed by atoms with E-state index in [9.17, 15) is 18.0 Å². The number of carbonyl (C=O) groups is 1. The molecule has 2 aromatic rings. The lowest BCUT2D eigenvalue weighted by Gasteiger charge is -2.27. The lowest BCUT2D eigenvalue weighted by atomic mass is 10.1. The van der Waals surface area contributed by atoms with Gasteiger partial charge < -0.3 is 4.90 Å². The Hall–Kier alpha value is -2.08. The number of rotatable bonds is 4. The Morgan fingerprint density at radius 3 is 2.46 bits per heavy atom. The zero-order valence-electron chi connectivity index (χ0n) is 13.1. The summed E-state index contributed by atoms with van der Waals surface area (Å²) in [6.45, 7) is 3.97. The van der Waals surface area contributed by atoms with Crippen LogP contribution in [0.2, 0.25) is 5.02 Å². The summed E-state index contributed by atoms with van der Waals surface area (Å²) in [5.41, 5.74) is -0.0758. The predicted molar refractivity (Wildman–Crippen MR) is 85.7 cm³/mol. The average Bonchev–Trinajstić information content (AvgIpc) is 2.51. The summed E-state index contributed by atoms with van der Waals surface area (Å²) in [5.74, 6) is -0.383. The van der Waals surface area contributed by atoms with Crippen LogP contribution in [0.5, 0.6) is 0 Å². The Morgan fingerprint density at radius 2 is 1.96 bits per heavy atom. The summed E-state index contributed by atoms with van der Waals surface area (Å²) >= 11 is 5.94. The highest BCUT2D eigenvalue weighted by Gasteiger charge is 2.32. The van der Waals surface area contributed by atoms with Crippen molar-refractivity contribution in [2.45, 2.75) is 32.6 Å². The molecule has 128 valence electrons. The third kappa shape index (κ3) is 4.47. The molecule has 0 unspecified atom stereocenters. The predicted octanol–water partition coefficient (Wildman–Crippen LogP) is 4.80.